The van der Waals surface area contributed by atoms with Crippen molar-refractivity contribution in [2.24, 2.45) is 7.05 Å². The lowest BCUT2D eigenvalue weighted by molar-refractivity contribution is 0.102. The zero-order valence-corrected chi connectivity index (χ0v) is 14.7. The van der Waals surface area contributed by atoms with Crippen LogP contribution >= 0.6 is 0 Å². The lowest BCUT2D eigenvalue weighted by atomic mass is 10.1. The number of nitrogens with zero attached hydrogens (tertiary/aromatic N) is 3. The van der Waals surface area contributed by atoms with E-state index in [2.05, 4.69) is 20.5 Å². The minimum atomic E-state index is -0.400. The first-order valence-corrected chi connectivity index (χ1v) is 8.19. The van der Waals surface area contributed by atoms with Crippen molar-refractivity contribution in [1.82, 2.24) is 19.7 Å². The van der Waals surface area contributed by atoms with Crippen LogP contribution in [-0.2, 0) is 7.05 Å². The molecule has 0 saturated heterocycles. The Morgan fingerprint density at radius 2 is 2.04 bits per heavy atom. The van der Waals surface area contributed by atoms with Crippen LogP contribution in [0.15, 0.2) is 48.5 Å². The second-order valence-corrected chi connectivity index (χ2v) is 5.95. The summed E-state index contributed by atoms with van der Waals surface area (Å²) in [5.74, 6) is 0.211. The molecule has 4 aromatic rings. The summed E-state index contributed by atoms with van der Waals surface area (Å²) in [6, 6.07) is 13.3. The smallest absolute Gasteiger partial charge is 0.275 e. The summed E-state index contributed by atoms with van der Waals surface area (Å²) in [5.41, 5.74) is 2.81. The van der Waals surface area contributed by atoms with Gasteiger partial charge in [-0.25, -0.2) is 9.37 Å². The fourth-order valence-electron chi connectivity index (χ4n) is 2.88. The Morgan fingerprint density at radius 3 is 2.85 bits per heavy atom. The number of carbonyl (C=O) groups is 1. The second-order valence-electron chi connectivity index (χ2n) is 5.95. The number of rotatable bonds is 4. The Balaban J connectivity index is 1.61. The lowest BCUT2D eigenvalue weighted by Gasteiger charge is -2.04. The Bertz CT molecular complexity index is 1150. The second kappa shape index (κ2) is 6.56. The van der Waals surface area contributed by atoms with Crippen LogP contribution in [0.5, 0.6) is 5.75 Å². The van der Waals surface area contributed by atoms with Gasteiger partial charge < -0.3 is 9.30 Å². The normalized spacial score (nSPS) is 10.9. The van der Waals surface area contributed by atoms with Crippen LogP contribution in [0.2, 0.25) is 0 Å². The van der Waals surface area contributed by atoms with Crippen LogP contribution in [0.4, 0.5) is 10.3 Å². The van der Waals surface area contributed by atoms with Gasteiger partial charge in [0, 0.05) is 12.6 Å². The molecule has 2 aromatic heterocycles. The summed E-state index contributed by atoms with van der Waals surface area (Å²) in [7, 11) is 3.28. The highest BCUT2D eigenvalue weighted by Gasteiger charge is 2.16. The van der Waals surface area contributed by atoms with Crippen molar-refractivity contribution in [2.75, 3.05) is 12.4 Å². The molecule has 4 rings (SSSR count). The van der Waals surface area contributed by atoms with Gasteiger partial charge in [0.2, 0.25) is 5.95 Å². The summed E-state index contributed by atoms with van der Waals surface area (Å²) in [6.45, 7) is 0. The van der Waals surface area contributed by atoms with E-state index in [1.165, 1.54) is 12.1 Å². The van der Waals surface area contributed by atoms with Gasteiger partial charge in [0.05, 0.1) is 23.8 Å². The number of aromatic amines is 1. The number of imidazole rings is 1. The highest BCUT2D eigenvalue weighted by Crippen LogP contribution is 2.28. The number of amides is 1. The van der Waals surface area contributed by atoms with E-state index < -0.39 is 5.91 Å². The number of carbonyl (C=O) groups excluding carboxylic acids is 1. The molecule has 0 aliphatic carbocycles. The number of aromatic nitrogens is 4. The van der Waals surface area contributed by atoms with E-state index in [-0.39, 0.29) is 11.5 Å². The Kier molecular flexibility index (Phi) is 4.08. The molecule has 27 heavy (non-hydrogen) atoms. The average Bonchev–Trinajstić information content (AvgIpc) is 3.28. The largest absolute Gasteiger partial charge is 0.496 e. The quantitative estimate of drug-likeness (QED) is 0.581. The number of anilines is 1. The van der Waals surface area contributed by atoms with Gasteiger partial charge in [0.25, 0.3) is 5.91 Å². The molecule has 2 heterocycles. The molecule has 0 saturated carbocycles. The van der Waals surface area contributed by atoms with Crippen molar-refractivity contribution in [3.8, 4) is 17.0 Å². The van der Waals surface area contributed by atoms with Crippen LogP contribution in [0, 0.1) is 5.82 Å². The summed E-state index contributed by atoms with van der Waals surface area (Å²) in [6.07, 6.45) is 0. The average molecular weight is 365 g/mol. The van der Waals surface area contributed by atoms with Gasteiger partial charge in [-0.15, -0.1) is 0 Å². The third-order valence-corrected chi connectivity index (χ3v) is 4.27. The van der Waals surface area contributed by atoms with Gasteiger partial charge in [-0.1, -0.05) is 12.1 Å². The van der Waals surface area contributed by atoms with E-state index >= 15 is 0 Å². The molecule has 136 valence electrons. The maximum atomic E-state index is 13.4. The fourth-order valence-corrected chi connectivity index (χ4v) is 2.88. The first-order chi connectivity index (χ1) is 13.1. The van der Waals surface area contributed by atoms with Crippen LogP contribution in [-0.4, -0.2) is 32.8 Å². The molecule has 2 N–H and O–H groups in total. The monoisotopic (exact) mass is 365 g/mol. The number of nitrogens with one attached hydrogen (secondary N) is 2. The minimum Gasteiger partial charge on any atom is -0.496 e. The summed E-state index contributed by atoms with van der Waals surface area (Å²) in [5, 5.41) is 9.63. The van der Waals surface area contributed by atoms with Gasteiger partial charge >= 0.3 is 0 Å². The first kappa shape index (κ1) is 16.8. The van der Waals surface area contributed by atoms with Crippen molar-refractivity contribution >= 4 is 22.9 Å². The number of H-pyrrole nitrogens is 1. The van der Waals surface area contributed by atoms with E-state index in [1.807, 2.05) is 24.3 Å². The molecule has 1 amide bonds. The number of benzene rings is 2. The van der Waals surface area contributed by atoms with Gasteiger partial charge in [-0.3, -0.25) is 15.2 Å². The van der Waals surface area contributed by atoms with E-state index in [0.29, 0.717) is 28.4 Å². The van der Waals surface area contributed by atoms with Gasteiger partial charge in [-0.2, -0.15) is 5.10 Å². The minimum absolute atomic E-state index is 0.272. The number of halogens is 1. The highest BCUT2D eigenvalue weighted by molar-refractivity contribution is 6.03. The molecule has 2 aromatic carbocycles. The predicted octanol–water partition coefficient (Wildman–Crippen LogP) is 3.36. The van der Waals surface area contributed by atoms with Crippen LogP contribution < -0.4 is 10.1 Å². The number of methoxy groups -OCH3 is 1. The van der Waals surface area contributed by atoms with Crippen LogP contribution in [0.1, 0.15) is 10.5 Å². The molecule has 0 atom stereocenters. The molecule has 0 aliphatic rings. The molecular formula is C19H16FN5O2. The molecule has 0 spiro atoms. The van der Waals surface area contributed by atoms with E-state index in [1.54, 1.807) is 30.9 Å². The predicted molar refractivity (Wildman–Crippen MR) is 99.2 cm³/mol. The number of para-hydroxylation sites is 1. The number of fused-ring (bicyclic) bond motifs is 1. The highest BCUT2D eigenvalue weighted by atomic mass is 19.1. The van der Waals surface area contributed by atoms with Crippen LogP contribution in [0.3, 0.4) is 0 Å². The van der Waals surface area contributed by atoms with Crippen molar-refractivity contribution in [3.63, 3.8) is 0 Å². The maximum Gasteiger partial charge on any atom is 0.275 e. The van der Waals surface area contributed by atoms with Gasteiger partial charge in [0.15, 0.2) is 0 Å². The Hall–Kier alpha value is -3.68. The topological polar surface area (TPSA) is 84.8 Å². The SMILES string of the molecule is COc1ccccc1-c1cc(C(=O)Nc2nc3ccc(F)cc3n2C)[nH]n1. The Labute approximate surface area is 153 Å². The summed E-state index contributed by atoms with van der Waals surface area (Å²) >= 11 is 0. The molecular weight excluding hydrogens is 349 g/mol. The molecule has 0 aliphatic heterocycles. The van der Waals surface area contributed by atoms with Crippen LogP contribution in [0.25, 0.3) is 22.3 Å². The number of aryl methyl sites for hydroxylation is 1. The van der Waals surface area contributed by atoms with E-state index in [4.69, 9.17) is 4.74 Å². The molecule has 8 heteroatoms. The summed E-state index contributed by atoms with van der Waals surface area (Å²) < 4.78 is 20.4. The zero-order chi connectivity index (χ0) is 19.0. The zero-order valence-electron chi connectivity index (χ0n) is 14.7. The fraction of sp³-hybridized carbons (Fsp3) is 0.105. The maximum absolute atomic E-state index is 13.4. The summed E-state index contributed by atoms with van der Waals surface area (Å²) in [4.78, 5) is 16.9. The lowest BCUT2D eigenvalue weighted by Crippen LogP contribution is -2.15. The number of hydrogen-bond donors (Lipinski definition) is 2. The number of ether oxygens (including phenoxy) is 1. The molecule has 0 radical (unpaired) electrons. The third kappa shape index (κ3) is 3.01. The molecule has 0 bridgehead atoms. The first-order valence-electron chi connectivity index (χ1n) is 8.19. The Morgan fingerprint density at radius 1 is 1.22 bits per heavy atom. The van der Waals surface area contributed by atoms with Gasteiger partial charge in [0.1, 0.15) is 17.3 Å². The van der Waals surface area contributed by atoms with E-state index in [9.17, 15) is 9.18 Å². The standard InChI is InChI=1S/C19H16FN5O2/c1-25-16-9-11(20)7-8-13(16)21-19(25)22-18(26)15-10-14(23-24-15)12-5-3-4-6-17(12)27-2/h3-10H,1-2H3,(H,23,24)(H,21,22,26). The number of hydrogen-bond acceptors (Lipinski definition) is 4. The molecule has 0 fully saturated rings. The van der Waals surface area contributed by atoms with Gasteiger partial charge in [-0.05, 0) is 36.4 Å². The van der Waals surface area contributed by atoms with E-state index in [0.717, 1.165) is 5.56 Å². The molecule has 7 nitrogen and oxygen atoms in total. The van der Waals surface area contributed by atoms with Crippen molar-refractivity contribution in [1.29, 1.82) is 0 Å². The third-order valence-electron chi connectivity index (χ3n) is 4.27. The van der Waals surface area contributed by atoms with Crippen molar-refractivity contribution in [3.05, 3.63) is 60.0 Å². The molecule has 0 unspecified atom stereocenters. The van der Waals surface area contributed by atoms with Crippen molar-refractivity contribution < 1.29 is 13.9 Å². The van der Waals surface area contributed by atoms with Crippen molar-refractivity contribution in [2.45, 2.75) is 0 Å².